The second-order valence-electron chi connectivity index (χ2n) is 7.84. The van der Waals surface area contributed by atoms with Gasteiger partial charge in [0.05, 0.1) is 6.54 Å². The number of amides is 2. The second kappa shape index (κ2) is 8.95. The number of aryl methyl sites for hydroxylation is 1. The number of allylic oxidation sites excluding steroid dienone is 1. The minimum atomic E-state index is -2.86. The van der Waals surface area contributed by atoms with Crippen LogP contribution in [0.4, 0.5) is 14.6 Å². The molecule has 0 saturated heterocycles. The third kappa shape index (κ3) is 5.05. The number of alkyl halides is 2. The molecule has 1 atom stereocenters. The van der Waals surface area contributed by atoms with E-state index in [-0.39, 0.29) is 19.0 Å². The highest BCUT2D eigenvalue weighted by Gasteiger charge is 2.43. The van der Waals surface area contributed by atoms with Crippen molar-refractivity contribution in [1.82, 2.24) is 25.8 Å². The number of halogens is 2. The van der Waals surface area contributed by atoms with E-state index in [4.69, 9.17) is 5.73 Å². The van der Waals surface area contributed by atoms with Gasteiger partial charge in [-0.05, 0) is 38.3 Å². The van der Waals surface area contributed by atoms with E-state index in [1.54, 1.807) is 32.2 Å². The molecule has 1 unspecified atom stereocenters. The number of rotatable bonds is 8. The number of pyridine rings is 1. The van der Waals surface area contributed by atoms with E-state index in [9.17, 15) is 18.4 Å². The van der Waals surface area contributed by atoms with Crippen molar-refractivity contribution < 1.29 is 18.4 Å². The largest absolute Gasteiger partial charge is 0.384 e. The molecule has 0 radical (unpaired) electrons. The molecule has 0 bridgehead atoms. The Bertz CT molecular complexity index is 841. The summed E-state index contributed by atoms with van der Waals surface area (Å²) >= 11 is 0. The van der Waals surface area contributed by atoms with Gasteiger partial charge in [-0.1, -0.05) is 12.5 Å². The van der Waals surface area contributed by atoms with E-state index in [0.29, 0.717) is 30.1 Å². The first-order valence-corrected chi connectivity index (χ1v) is 10.0. The normalized spacial score (nSPS) is 19.7. The summed E-state index contributed by atoms with van der Waals surface area (Å²) in [6.45, 7) is 2.92. The van der Waals surface area contributed by atoms with Crippen molar-refractivity contribution >= 4 is 17.6 Å². The summed E-state index contributed by atoms with van der Waals surface area (Å²) in [4.78, 5) is 30.5. The van der Waals surface area contributed by atoms with Crippen molar-refractivity contribution in [2.24, 2.45) is 5.92 Å². The first-order valence-electron chi connectivity index (χ1n) is 10.0. The van der Waals surface area contributed by atoms with Crippen LogP contribution < -0.4 is 21.7 Å². The van der Waals surface area contributed by atoms with Gasteiger partial charge in [-0.3, -0.25) is 14.9 Å². The third-order valence-corrected chi connectivity index (χ3v) is 5.64. The predicted octanol–water partition coefficient (Wildman–Crippen LogP) is 1.23. The zero-order valence-electron chi connectivity index (χ0n) is 17.2. The van der Waals surface area contributed by atoms with Crippen LogP contribution >= 0.6 is 0 Å². The van der Waals surface area contributed by atoms with E-state index in [0.717, 1.165) is 12.0 Å². The van der Waals surface area contributed by atoms with Crippen LogP contribution in [0.5, 0.6) is 0 Å². The van der Waals surface area contributed by atoms with E-state index >= 15 is 0 Å². The molecule has 1 aliphatic heterocycles. The summed E-state index contributed by atoms with van der Waals surface area (Å²) in [7, 11) is 0. The molecule has 3 rings (SSSR count). The summed E-state index contributed by atoms with van der Waals surface area (Å²) in [5.41, 5.74) is 7.68. The number of nitrogen functional groups attached to an aromatic ring is 1. The molecule has 1 aromatic rings. The van der Waals surface area contributed by atoms with E-state index in [1.165, 1.54) is 4.90 Å². The molecular formula is C20H28F2N6O2. The average Bonchev–Trinajstić information content (AvgIpc) is 2.62. The maximum absolute atomic E-state index is 14.1. The fourth-order valence-corrected chi connectivity index (χ4v) is 3.43. The van der Waals surface area contributed by atoms with Crippen LogP contribution in [-0.2, 0) is 16.1 Å². The van der Waals surface area contributed by atoms with Gasteiger partial charge in [-0.25, -0.2) is 13.8 Å². The smallest absolute Gasteiger partial charge is 0.264 e. The standard InChI is InChI=1S/C20H28F2N6O2/c1-12-8-25-18(26-11-20(21,22)15-4-3-5-15)19(30)28(12)10-17(29)24-9-14-6-7-16(23)27-13(14)2/h6-8,15,18,25-26H,3-5,9-11H2,1-2H3,(H2,23,27)(H,24,29). The minimum Gasteiger partial charge on any atom is -0.384 e. The number of anilines is 1. The summed E-state index contributed by atoms with van der Waals surface area (Å²) in [6, 6.07) is 3.43. The van der Waals surface area contributed by atoms with E-state index in [2.05, 4.69) is 20.9 Å². The third-order valence-electron chi connectivity index (χ3n) is 5.64. The number of carbonyl (C=O) groups excluding carboxylic acids is 2. The van der Waals surface area contributed by atoms with Crippen LogP contribution in [0.1, 0.15) is 37.4 Å². The fraction of sp³-hybridized carbons (Fsp3) is 0.550. The van der Waals surface area contributed by atoms with Crippen molar-refractivity contribution in [3.8, 4) is 0 Å². The molecule has 5 N–H and O–H groups in total. The first kappa shape index (κ1) is 21.9. The lowest BCUT2D eigenvalue weighted by molar-refractivity contribution is -0.138. The molecule has 164 valence electrons. The van der Waals surface area contributed by atoms with Gasteiger partial charge in [0.25, 0.3) is 11.8 Å². The van der Waals surface area contributed by atoms with Crippen LogP contribution in [0.15, 0.2) is 24.0 Å². The Morgan fingerprint density at radius 2 is 2.10 bits per heavy atom. The zero-order valence-corrected chi connectivity index (χ0v) is 17.2. The molecule has 0 aromatic carbocycles. The van der Waals surface area contributed by atoms with Gasteiger partial charge in [0, 0.05) is 30.1 Å². The highest BCUT2D eigenvalue weighted by Crippen LogP contribution is 2.39. The second-order valence-corrected chi connectivity index (χ2v) is 7.84. The highest BCUT2D eigenvalue weighted by atomic mass is 19.3. The lowest BCUT2D eigenvalue weighted by atomic mass is 9.80. The molecule has 2 heterocycles. The Kier molecular flexibility index (Phi) is 6.55. The van der Waals surface area contributed by atoms with Gasteiger partial charge in [0.1, 0.15) is 12.4 Å². The molecule has 1 fully saturated rings. The Hall–Kier alpha value is -2.75. The monoisotopic (exact) mass is 422 g/mol. The Labute approximate surface area is 174 Å². The molecule has 0 spiro atoms. The molecule has 30 heavy (non-hydrogen) atoms. The zero-order chi connectivity index (χ0) is 21.9. The molecule has 1 aromatic heterocycles. The molecule has 1 saturated carbocycles. The van der Waals surface area contributed by atoms with Gasteiger partial charge in [-0.15, -0.1) is 0 Å². The number of nitrogens with two attached hydrogens (primary N) is 1. The van der Waals surface area contributed by atoms with Gasteiger partial charge in [0.15, 0.2) is 6.17 Å². The minimum absolute atomic E-state index is 0.207. The van der Waals surface area contributed by atoms with Gasteiger partial charge < -0.3 is 21.3 Å². The van der Waals surface area contributed by atoms with Gasteiger partial charge in [0.2, 0.25) is 5.91 Å². The van der Waals surface area contributed by atoms with Crippen LogP contribution in [0.25, 0.3) is 0 Å². The molecule has 2 amide bonds. The molecule has 2 aliphatic rings. The quantitative estimate of drug-likeness (QED) is 0.501. The molecule has 1 aliphatic carbocycles. The summed E-state index contributed by atoms with van der Waals surface area (Å²) in [6.07, 6.45) is 2.37. The van der Waals surface area contributed by atoms with Crippen molar-refractivity contribution in [1.29, 1.82) is 0 Å². The Balaban J connectivity index is 1.53. The van der Waals surface area contributed by atoms with Crippen molar-refractivity contribution in [2.75, 3.05) is 18.8 Å². The fourth-order valence-electron chi connectivity index (χ4n) is 3.43. The molecular weight excluding hydrogens is 394 g/mol. The topological polar surface area (TPSA) is 112 Å². The maximum Gasteiger partial charge on any atom is 0.264 e. The van der Waals surface area contributed by atoms with Crippen molar-refractivity contribution in [2.45, 2.75) is 51.7 Å². The number of nitrogens with one attached hydrogen (secondary N) is 3. The highest BCUT2D eigenvalue weighted by molar-refractivity contribution is 5.89. The number of hydrogen-bond donors (Lipinski definition) is 4. The average molecular weight is 422 g/mol. The lowest BCUT2D eigenvalue weighted by Crippen LogP contribution is -2.59. The van der Waals surface area contributed by atoms with Crippen LogP contribution in [0, 0.1) is 12.8 Å². The van der Waals surface area contributed by atoms with Crippen LogP contribution in [0.3, 0.4) is 0 Å². The SMILES string of the molecule is CC1=CNC(NCC(F)(F)C2CCC2)C(=O)N1CC(=O)NCc1ccc(N)nc1C. The summed E-state index contributed by atoms with van der Waals surface area (Å²) < 4.78 is 28.3. The van der Waals surface area contributed by atoms with Crippen molar-refractivity contribution in [3.05, 3.63) is 35.3 Å². The number of carbonyl (C=O) groups is 2. The molecule has 8 nitrogen and oxygen atoms in total. The number of hydrogen-bond acceptors (Lipinski definition) is 6. The number of aromatic nitrogens is 1. The predicted molar refractivity (Wildman–Crippen MR) is 108 cm³/mol. The van der Waals surface area contributed by atoms with Gasteiger partial charge in [-0.2, -0.15) is 0 Å². The van der Waals surface area contributed by atoms with E-state index < -0.39 is 30.5 Å². The Morgan fingerprint density at radius 3 is 2.73 bits per heavy atom. The maximum atomic E-state index is 14.1. The van der Waals surface area contributed by atoms with Crippen LogP contribution in [-0.4, -0.2) is 46.9 Å². The first-order chi connectivity index (χ1) is 14.2. The van der Waals surface area contributed by atoms with Gasteiger partial charge >= 0.3 is 0 Å². The summed E-state index contributed by atoms with van der Waals surface area (Å²) in [5, 5.41) is 8.14. The Morgan fingerprint density at radius 1 is 1.37 bits per heavy atom. The van der Waals surface area contributed by atoms with Crippen molar-refractivity contribution in [3.63, 3.8) is 0 Å². The van der Waals surface area contributed by atoms with E-state index in [1.807, 2.05) is 0 Å². The molecule has 10 heteroatoms. The lowest BCUT2D eigenvalue weighted by Gasteiger charge is -2.36. The number of nitrogens with zero attached hydrogens (tertiary/aromatic N) is 2. The van der Waals surface area contributed by atoms with Crippen LogP contribution in [0.2, 0.25) is 0 Å². The summed E-state index contributed by atoms with van der Waals surface area (Å²) in [5.74, 6) is -3.93.